The van der Waals surface area contributed by atoms with E-state index in [2.05, 4.69) is 38.1 Å². The summed E-state index contributed by atoms with van der Waals surface area (Å²) in [7, 11) is 0. The monoisotopic (exact) mass is 392 g/mol. The third-order valence-electron chi connectivity index (χ3n) is 6.31. The van der Waals surface area contributed by atoms with Gasteiger partial charge in [-0.3, -0.25) is 4.79 Å². The number of hydrogen-bond acceptors (Lipinski definition) is 2. The molecule has 0 aliphatic heterocycles. The van der Waals surface area contributed by atoms with E-state index in [9.17, 15) is 4.79 Å². The fourth-order valence-electron chi connectivity index (χ4n) is 4.59. The molecule has 156 valence electrons. The molecule has 0 atom stereocenters. The zero-order valence-electron chi connectivity index (χ0n) is 18.2. The number of carbonyl (C=O) groups is 1. The summed E-state index contributed by atoms with van der Waals surface area (Å²) in [5.74, 6) is 2.15. The van der Waals surface area contributed by atoms with Crippen LogP contribution in [-0.4, -0.2) is 5.97 Å². The summed E-state index contributed by atoms with van der Waals surface area (Å²) >= 11 is 0. The molecular formula is C27H36O2. The van der Waals surface area contributed by atoms with E-state index in [4.69, 9.17) is 4.74 Å². The number of rotatable bonds is 9. The standard InChI is InChI=1S/C27H36O2/c1-3-5-21-7-14-24(15-8-21)25-16-9-23(10-17-25)13-20-27(28)29-26-18-11-22(6-4-2)12-19-26/h9-12,16-19,21,24H,3-8,13-15,20H2,1-2H3. The zero-order chi connectivity index (χ0) is 20.5. The van der Waals surface area contributed by atoms with E-state index in [1.54, 1.807) is 0 Å². The number of ether oxygens (including phenoxy) is 1. The Morgan fingerprint density at radius 1 is 0.828 bits per heavy atom. The lowest BCUT2D eigenvalue weighted by Gasteiger charge is -2.28. The summed E-state index contributed by atoms with van der Waals surface area (Å²) in [6, 6.07) is 16.8. The predicted octanol–water partition coefficient (Wildman–Crippen LogP) is 7.25. The first-order valence-electron chi connectivity index (χ1n) is 11.6. The molecule has 0 radical (unpaired) electrons. The van der Waals surface area contributed by atoms with Crippen molar-refractivity contribution in [3.05, 3.63) is 65.2 Å². The Hall–Kier alpha value is -2.09. The second kappa shape index (κ2) is 11.2. The van der Waals surface area contributed by atoms with Gasteiger partial charge in [-0.2, -0.15) is 0 Å². The molecule has 0 saturated heterocycles. The molecule has 29 heavy (non-hydrogen) atoms. The van der Waals surface area contributed by atoms with Crippen molar-refractivity contribution in [2.24, 2.45) is 5.92 Å². The molecule has 2 aromatic carbocycles. The maximum Gasteiger partial charge on any atom is 0.311 e. The van der Waals surface area contributed by atoms with Gasteiger partial charge < -0.3 is 4.74 Å². The lowest BCUT2D eigenvalue weighted by Crippen LogP contribution is -2.13. The predicted molar refractivity (Wildman–Crippen MR) is 120 cm³/mol. The van der Waals surface area contributed by atoms with Gasteiger partial charge in [0.2, 0.25) is 0 Å². The maximum absolute atomic E-state index is 12.2. The first-order chi connectivity index (χ1) is 14.2. The van der Waals surface area contributed by atoms with Crippen LogP contribution in [0.4, 0.5) is 0 Å². The lowest BCUT2D eigenvalue weighted by molar-refractivity contribution is -0.134. The van der Waals surface area contributed by atoms with Crippen molar-refractivity contribution in [2.75, 3.05) is 0 Å². The van der Waals surface area contributed by atoms with E-state index >= 15 is 0 Å². The number of carbonyl (C=O) groups excluding carboxylic acids is 1. The molecule has 2 aromatic rings. The normalized spacial score (nSPS) is 19.1. The quantitative estimate of drug-likeness (QED) is 0.332. The smallest absolute Gasteiger partial charge is 0.311 e. The molecule has 0 N–H and O–H groups in total. The Morgan fingerprint density at radius 3 is 2.07 bits per heavy atom. The topological polar surface area (TPSA) is 26.3 Å². The van der Waals surface area contributed by atoms with Crippen molar-refractivity contribution in [3.63, 3.8) is 0 Å². The minimum absolute atomic E-state index is 0.161. The first-order valence-corrected chi connectivity index (χ1v) is 11.6. The summed E-state index contributed by atoms with van der Waals surface area (Å²) in [4.78, 5) is 12.2. The molecule has 0 spiro atoms. The molecular weight excluding hydrogens is 356 g/mol. The van der Waals surface area contributed by atoms with Crippen LogP contribution in [0.3, 0.4) is 0 Å². The van der Waals surface area contributed by atoms with E-state index < -0.39 is 0 Å². The van der Waals surface area contributed by atoms with Crippen LogP contribution in [0.25, 0.3) is 0 Å². The Balaban J connectivity index is 1.43. The van der Waals surface area contributed by atoms with Crippen molar-refractivity contribution in [2.45, 2.75) is 84.0 Å². The highest BCUT2D eigenvalue weighted by Gasteiger charge is 2.21. The molecule has 2 nitrogen and oxygen atoms in total. The molecule has 0 aromatic heterocycles. The van der Waals surface area contributed by atoms with Crippen LogP contribution in [0.15, 0.2) is 48.5 Å². The van der Waals surface area contributed by atoms with Gasteiger partial charge in [-0.25, -0.2) is 0 Å². The van der Waals surface area contributed by atoms with E-state index in [-0.39, 0.29) is 5.97 Å². The van der Waals surface area contributed by atoms with Crippen molar-refractivity contribution < 1.29 is 9.53 Å². The van der Waals surface area contributed by atoms with Crippen LogP contribution in [0.5, 0.6) is 5.75 Å². The highest BCUT2D eigenvalue weighted by molar-refractivity contribution is 5.72. The summed E-state index contributed by atoms with van der Waals surface area (Å²) in [5.41, 5.74) is 3.97. The maximum atomic E-state index is 12.2. The van der Waals surface area contributed by atoms with Gasteiger partial charge in [0, 0.05) is 6.42 Å². The average molecular weight is 393 g/mol. The van der Waals surface area contributed by atoms with Crippen molar-refractivity contribution in [3.8, 4) is 5.75 Å². The molecule has 0 amide bonds. The van der Waals surface area contributed by atoms with Crippen LogP contribution in [0, 0.1) is 5.92 Å². The van der Waals surface area contributed by atoms with Crippen molar-refractivity contribution in [1.82, 2.24) is 0 Å². The second-order valence-corrected chi connectivity index (χ2v) is 8.62. The third kappa shape index (κ3) is 6.73. The summed E-state index contributed by atoms with van der Waals surface area (Å²) in [6.07, 6.45) is 11.5. The molecule has 1 aliphatic carbocycles. The van der Waals surface area contributed by atoms with Gasteiger partial charge in [0.05, 0.1) is 0 Å². The summed E-state index contributed by atoms with van der Waals surface area (Å²) in [6.45, 7) is 4.46. The summed E-state index contributed by atoms with van der Waals surface area (Å²) < 4.78 is 5.48. The molecule has 3 rings (SSSR count). The van der Waals surface area contributed by atoms with Crippen molar-refractivity contribution >= 4 is 5.97 Å². The van der Waals surface area contributed by atoms with Gasteiger partial charge in [0.15, 0.2) is 0 Å². The second-order valence-electron chi connectivity index (χ2n) is 8.62. The molecule has 0 heterocycles. The molecule has 0 bridgehead atoms. The Labute approximate surface area is 176 Å². The molecule has 1 saturated carbocycles. The van der Waals surface area contributed by atoms with E-state index in [0.29, 0.717) is 12.2 Å². The fraction of sp³-hybridized carbons (Fsp3) is 0.519. The van der Waals surface area contributed by atoms with E-state index in [0.717, 1.165) is 31.1 Å². The highest BCUT2D eigenvalue weighted by Crippen LogP contribution is 2.37. The molecule has 0 unspecified atom stereocenters. The Bertz CT molecular complexity index is 737. The van der Waals surface area contributed by atoms with Crippen molar-refractivity contribution in [1.29, 1.82) is 0 Å². The van der Waals surface area contributed by atoms with Crippen LogP contribution >= 0.6 is 0 Å². The molecule has 2 heteroatoms. The minimum Gasteiger partial charge on any atom is -0.427 e. The SMILES string of the molecule is CCCc1ccc(OC(=O)CCc2ccc(C3CCC(CCC)CC3)cc2)cc1. The van der Waals surface area contributed by atoms with Gasteiger partial charge in [0.1, 0.15) is 5.75 Å². The number of benzene rings is 2. The van der Waals surface area contributed by atoms with Gasteiger partial charge >= 0.3 is 5.97 Å². The largest absolute Gasteiger partial charge is 0.427 e. The molecule has 1 fully saturated rings. The minimum atomic E-state index is -0.161. The zero-order valence-corrected chi connectivity index (χ0v) is 18.2. The van der Waals surface area contributed by atoms with E-state index in [1.165, 1.54) is 55.2 Å². The highest BCUT2D eigenvalue weighted by atomic mass is 16.5. The van der Waals surface area contributed by atoms with Gasteiger partial charge in [-0.1, -0.05) is 69.5 Å². The van der Waals surface area contributed by atoms with Gasteiger partial charge in [-0.15, -0.1) is 0 Å². The Kier molecular flexibility index (Phi) is 8.34. The number of esters is 1. The third-order valence-corrected chi connectivity index (χ3v) is 6.31. The Morgan fingerprint density at radius 2 is 1.45 bits per heavy atom. The average Bonchev–Trinajstić information content (AvgIpc) is 2.75. The van der Waals surface area contributed by atoms with Crippen LogP contribution in [0.2, 0.25) is 0 Å². The number of hydrogen-bond donors (Lipinski definition) is 0. The summed E-state index contributed by atoms with van der Waals surface area (Å²) in [5, 5.41) is 0. The fourth-order valence-corrected chi connectivity index (χ4v) is 4.59. The van der Waals surface area contributed by atoms with Gasteiger partial charge in [0.25, 0.3) is 0 Å². The first kappa shape index (κ1) is 21.6. The molecule has 1 aliphatic rings. The van der Waals surface area contributed by atoms with Crippen LogP contribution in [-0.2, 0) is 17.6 Å². The van der Waals surface area contributed by atoms with Crippen LogP contribution < -0.4 is 4.74 Å². The van der Waals surface area contributed by atoms with E-state index in [1.807, 2.05) is 24.3 Å². The van der Waals surface area contributed by atoms with Gasteiger partial charge in [-0.05, 0) is 79.2 Å². The lowest BCUT2D eigenvalue weighted by atomic mass is 9.77. The van der Waals surface area contributed by atoms with Crippen LogP contribution in [0.1, 0.15) is 87.8 Å². The number of aryl methyl sites for hydroxylation is 2.